The first kappa shape index (κ1) is 17.4. The van der Waals surface area contributed by atoms with Crippen molar-refractivity contribution in [1.82, 2.24) is 20.5 Å². The van der Waals surface area contributed by atoms with E-state index in [-0.39, 0.29) is 12.1 Å². The molecule has 1 fully saturated rings. The minimum absolute atomic E-state index is 0.112. The molecule has 0 unspecified atom stereocenters. The lowest BCUT2D eigenvalue weighted by molar-refractivity contribution is 0.234. The Morgan fingerprint density at radius 3 is 2.68 bits per heavy atom. The second-order valence-corrected chi connectivity index (χ2v) is 6.90. The molecule has 0 radical (unpaired) electrons. The van der Waals surface area contributed by atoms with E-state index in [1.807, 2.05) is 25.1 Å². The number of aromatic nitrogens is 1. The summed E-state index contributed by atoms with van der Waals surface area (Å²) in [5, 5.41) is 6.04. The molecular formula is C20H26N4O. The van der Waals surface area contributed by atoms with Crippen LogP contribution in [0.1, 0.15) is 23.7 Å². The molecule has 1 aromatic carbocycles. The Kier molecular flexibility index (Phi) is 5.66. The van der Waals surface area contributed by atoms with Gasteiger partial charge >= 0.3 is 6.03 Å². The first-order valence-electron chi connectivity index (χ1n) is 8.82. The van der Waals surface area contributed by atoms with Crippen molar-refractivity contribution in [2.24, 2.45) is 5.92 Å². The van der Waals surface area contributed by atoms with Crippen LogP contribution in [0.5, 0.6) is 0 Å². The van der Waals surface area contributed by atoms with E-state index in [1.165, 1.54) is 5.56 Å². The maximum absolute atomic E-state index is 12.2. The van der Waals surface area contributed by atoms with Crippen molar-refractivity contribution in [1.29, 1.82) is 0 Å². The molecule has 2 amide bonds. The van der Waals surface area contributed by atoms with Crippen molar-refractivity contribution in [3.8, 4) is 0 Å². The molecule has 0 bridgehead atoms. The van der Waals surface area contributed by atoms with E-state index in [0.29, 0.717) is 12.5 Å². The van der Waals surface area contributed by atoms with Crippen molar-refractivity contribution < 1.29 is 4.79 Å². The summed E-state index contributed by atoms with van der Waals surface area (Å²) in [6.45, 7) is 7.46. The third-order valence-corrected chi connectivity index (χ3v) is 4.68. The van der Waals surface area contributed by atoms with Crippen LogP contribution in [0.3, 0.4) is 0 Å². The van der Waals surface area contributed by atoms with Crippen LogP contribution < -0.4 is 10.6 Å². The van der Waals surface area contributed by atoms with Crippen LogP contribution in [0, 0.1) is 12.8 Å². The number of benzene rings is 1. The predicted octanol–water partition coefficient (Wildman–Crippen LogP) is 2.71. The molecule has 25 heavy (non-hydrogen) atoms. The van der Waals surface area contributed by atoms with Gasteiger partial charge in [-0.05, 0) is 30.0 Å². The largest absolute Gasteiger partial charge is 0.334 e. The van der Waals surface area contributed by atoms with E-state index < -0.39 is 0 Å². The average Bonchev–Trinajstić information content (AvgIpc) is 2.94. The lowest BCUT2D eigenvalue weighted by Gasteiger charge is -2.18. The Labute approximate surface area is 149 Å². The average molecular weight is 338 g/mol. The van der Waals surface area contributed by atoms with E-state index in [4.69, 9.17) is 0 Å². The van der Waals surface area contributed by atoms with Gasteiger partial charge in [-0.2, -0.15) is 0 Å². The molecule has 2 N–H and O–H groups in total. The Bertz CT molecular complexity index is 687. The van der Waals surface area contributed by atoms with Gasteiger partial charge in [-0.25, -0.2) is 4.79 Å². The van der Waals surface area contributed by atoms with Gasteiger partial charge in [0.05, 0.1) is 0 Å². The minimum atomic E-state index is -0.112. The number of nitrogens with zero attached hydrogens (tertiary/aromatic N) is 2. The quantitative estimate of drug-likeness (QED) is 0.881. The maximum Gasteiger partial charge on any atom is 0.315 e. The highest BCUT2D eigenvalue weighted by atomic mass is 16.2. The van der Waals surface area contributed by atoms with Crippen molar-refractivity contribution in [2.75, 3.05) is 13.1 Å². The number of rotatable bonds is 5. The maximum atomic E-state index is 12.2. The molecule has 2 aromatic rings. The number of amides is 2. The monoisotopic (exact) mass is 338 g/mol. The van der Waals surface area contributed by atoms with Gasteiger partial charge in [0.1, 0.15) is 0 Å². The van der Waals surface area contributed by atoms with Gasteiger partial charge < -0.3 is 10.6 Å². The normalized spacial score (nSPS) is 20.4. The van der Waals surface area contributed by atoms with Crippen LogP contribution in [-0.2, 0) is 13.1 Å². The number of hydrogen-bond donors (Lipinski definition) is 2. The van der Waals surface area contributed by atoms with Crippen LogP contribution in [0.4, 0.5) is 4.79 Å². The summed E-state index contributed by atoms with van der Waals surface area (Å²) in [4.78, 5) is 18.8. The molecule has 1 saturated heterocycles. The lowest BCUT2D eigenvalue weighted by atomic mass is 10.1. The number of carbonyl (C=O) groups is 1. The molecule has 2 atom stereocenters. The van der Waals surface area contributed by atoms with E-state index in [9.17, 15) is 4.79 Å². The molecular weight excluding hydrogens is 312 g/mol. The van der Waals surface area contributed by atoms with Crippen LogP contribution in [-0.4, -0.2) is 35.0 Å². The van der Waals surface area contributed by atoms with Crippen LogP contribution >= 0.6 is 0 Å². The van der Waals surface area contributed by atoms with Gasteiger partial charge in [-0.3, -0.25) is 9.88 Å². The fraction of sp³-hybridized carbons (Fsp3) is 0.400. The molecule has 0 saturated carbocycles. The standard InChI is InChI=1S/C20H26N4O/c1-15-12-24(13-17-6-4-3-5-7-17)14-19(15)23-20(25)22-11-18-9-8-16(2)21-10-18/h3-10,15,19H,11-14H2,1-2H3,(H2,22,23,25)/t15-,19-/m0/s1. The molecule has 5 heteroatoms. The molecule has 0 spiro atoms. The predicted molar refractivity (Wildman–Crippen MR) is 99.0 cm³/mol. The van der Waals surface area contributed by atoms with Gasteiger partial charge in [0.25, 0.3) is 0 Å². The highest BCUT2D eigenvalue weighted by Crippen LogP contribution is 2.18. The van der Waals surface area contributed by atoms with Gasteiger partial charge in [0, 0.05) is 44.1 Å². The second kappa shape index (κ2) is 8.12. The zero-order valence-electron chi connectivity index (χ0n) is 14.9. The first-order valence-corrected chi connectivity index (χ1v) is 8.82. The van der Waals surface area contributed by atoms with Crippen molar-refractivity contribution in [2.45, 2.75) is 33.0 Å². The fourth-order valence-corrected chi connectivity index (χ4v) is 3.23. The smallest absolute Gasteiger partial charge is 0.315 e. The van der Waals surface area contributed by atoms with Crippen molar-refractivity contribution in [3.63, 3.8) is 0 Å². The Balaban J connectivity index is 1.45. The SMILES string of the molecule is Cc1ccc(CNC(=O)N[C@H]2CN(Cc3ccccc3)C[C@@H]2C)cn1. The van der Waals surface area contributed by atoms with Gasteiger partial charge in [-0.1, -0.05) is 43.3 Å². The molecule has 132 valence electrons. The molecule has 1 aromatic heterocycles. The zero-order valence-corrected chi connectivity index (χ0v) is 14.9. The van der Waals surface area contributed by atoms with Gasteiger partial charge in [0.15, 0.2) is 0 Å². The molecule has 0 aliphatic carbocycles. The first-order chi connectivity index (χ1) is 12.1. The van der Waals surface area contributed by atoms with E-state index in [2.05, 4.69) is 51.7 Å². The molecule has 2 heterocycles. The number of nitrogens with one attached hydrogen (secondary N) is 2. The third kappa shape index (κ3) is 5.03. The van der Waals surface area contributed by atoms with E-state index in [1.54, 1.807) is 6.20 Å². The van der Waals surface area contributed by atoms with Crippen LogP contribution in [0.2, 0.25) is 0 Å². The molecule has 3 rings (SSSR count). The summed E-state index contributed by atoms with van der Waals surface area (Å²) < 4.78 is 0. The number of aryl methyl sites for hydroxylation is 1. The van der Waals surface area contributed by atoms with E-state index >= 15 is 0 Å². The van der Waals surface area contributed by atoms with Crippen molar-refractivity contribution in [3.05, 3.63) is 65.5 Å². The molecule has 1 aliphatic rings. The third-order valence-electron chi connectivity index (χ3n) is 4.68. The number of hydrogen-bond acceptors (Lipinski definition) is 3. The highest BCUT2D eigenvalue weighted by Gasteiger charge is 2.30. The topological polar surface area (TPSA) is 57.3 Å². The zero-order chi connectivity index (χ0) is 17.6. The Hall–Kier alpha value is -2.40. The number of carbonyl (C=O) groups excluding carboxylic acids is 1. The number of likely N-dealkylation sites (tertiary alicyclic amines) is 1. The van der Waals surface area contributed by atoms with E-state index in [0.717, 1.165) is 30.9 Å². The summed E-state index contributed by atoms with van der Waals surface area (Å²) in [6, 6.07) is 14.5. The minimum Gasteiger partial charge on any atom is -0.334 e. The summed E-state index contributed by atoms with van der Waals surface area (Å²) in [5.41, 5.74) is 3.30. The van der Waals surface area contributed by atoms with Crippen LogP contribution in [0.15, 0.2) is 48.7 Å². The summed E-state index contributed by atoms with van der Waals surface area (Å²) in [6.07, 6.45) is 1.80. The van der Waals surface area contributed by atoms with Crippen LogP contribution in [0.25, 0.3) is 0 Å². The summed E-state index contributed by atoms with van der Waals surface area (Å²) >= 11 is 0. The lowest BCUT2D eigenvalue weighted by Crippen LogP contribution is -2.45. The molecule has 1 aliphatic heterocycles. The second-order valence-electron chi connectivity index (χ2n) is 6.90. The summed E-state index contributed by atoms with van der Waals surface area (Å²) in [5.74, 6) is 0.440. The highest BCUT2D eigenvalue weighted by molar-refractivity contribution is 5.74. The number of pyridine rings is 1. The molecule has 5 nitrogen and oxygen atoms in total. The Morgan fingerprint density at radius 1 is 1.16 bits per heavy atom. The Morgan fingerprint density at radius 2 is 1.96 bits per heavy atom. The van der Waals surface area contributed by atoms with Gasteiger partial charge in [-0.15, -0.1) is 0 Å². The van der Waals surface area contributed by atoms with Gasteiger partial charge in [0.2, 0.25) is 0 Å². The van der Waals surface area contributed by atoms with Crippen molar-refractivity contribution >= 4 is 6.03 Å². The summed E-state index contributed by atoms with van der Waals surface area (Å²) in [7, 11) is 0. The number of urea groups is 1. The fourth-order valence-electron chi connectivity index (χ4n) is 3.23.